The molecule has 0 aliphatic carbocycles. The van der Waals surface area contributed by atoms with Gasteiger partial charge in [-0.3, -0.25) is 0 Å². The van der Waals surface area contributed by atoms with E-state index in [1.807, 2.05) is 0 Å². The van der Waals surface area contributed by atoms with E-state index < -0.39 is 18.4 Å². The van der Waals surface area contributed by atoms with Crippen LogP contribution in [0.25, 0.3) is 10.9 Å². The Bertz CT molecular complexity index is 635. The number of hydrogen-bond acceptors (Lipinski definition) is 4. The summed E-state index contributed by atoms with van der Waals surface area (Å²) in [7, 11) is 0. The van der Waals surface area contributed by atoms with Crippen molar-refractivity contribution in [3.05, 3.63) is 30.1 Å². The van der Waals surface area contributed by atoms with E-state index in [0.29, 0.717) is 36.2 Å². The zero-order valence-electron chi connectivity index (χ0n) is 11.2. The first-order valence-electron chi connectivity index (χ1n) is 6.79. The monoisotopic (exact) mass is 296 g/mol. The maximum absolute atomic E-state index is 13.1. The van der Waals surface area contributed by atoms with E-state index in [-0.39, 0.29) is 6.04 Å². The Morgan fingerprint density at radius 2 is 2.10 bits per heavy atom. The van der Waals surface area contributed by atoms with Gasteiger partial charge in [0.15, 0.2) is 5.82 Å². The molecule has 2 atom stereocenters. The van der Waals surface area contributed by atoms with Crippen LogP contribution in [0.1, 0.15) is 18.7 Å². The minimum absolute atomic E-state index is 0.0243. The molecule has 1 aliphatic rings. The van der Waals surface area contributed by atoms with Crippen molar-refractivity contribution in [3.8, 4) is 0 Å². The van der Waals surface area contributed by atoms with Gasteiger partial charge in [0.05, 0.1) is 5.52 Å². The van der Waals surface area contributed by atoms with Gasteiger partial charge in [-0.15, -0.1) is 0 Å². The first kappa shape index (κ1) is 14.1. The first-order valence-corrected chi connectivity index (χ1v) is 6.79. The molecule has 3 rings (SSSR count). The lowest BCUT2D eigenvalue weighted by atomic mass is 10.2. The van der Waals surface area contributed by atoms with E-state index in [9.17, 15) is 13.2 Å². The molecule has 0 saturated carbocycles. The molecule has 1 aromatic heterocycles. The van der Waals surface area contributed by atoms with Gasteiger partial charge in [-0.1, -0.05) is 12.1 Å². The number of rotatable bonds is 4. The Balaban J connectivity index is 1.85. The molecule has 112 valence electrons. The highest BCUT2D eigenvalue weighted by atomic mass is 19.3. The van der Waals surface area contributed by atoms with Gasteiger partial charge in [-0.05, 0) is 18.6 Å². The Hall–Kier alpha value is -1.89. The van der Waals surface area contributed by atoms with Crippen LogP contribution in [0.5, 0.6) is 0 Å². The molecular weight excluding hydrogens is 281 g/mol. The predicted octanol–water partition coefficient (Wildman–Crippen LogP) is 2.68. The molecule has 0 spiro atoms. The summed E-state index contributed by atoms with van der Waals surface area (Å²) in [5.74, 6) is -0.140. The molecule has 4 nitrogen and oxygen atoms in total. The van der Waals surface area contributed by atoms with Crippen molar-refractivity contribution in [2.45, 2.75) is 25.1 Å². The van der Waals surface area contributed by atoms with Gasteiger partial charge in [-0.25, -0.2) is 23.1 Å². The minimum Gasteiger partial charge on any atom is -0.368 e. The van der Waals surface area contributed by atoms with E-state index in [4.69, 9.17) is 0 Å². The van der Waals surface area contributed by atoms with Gasteiger partial charge >= 0.3 is 0 Å². The van der Waals surface area contributed by atoms with E-state index >= 15 is 0 Å². The van der Waals surface area contributed by atoms with Crippen molar-refractivity contribution in [2.24, 2.45) is 0 Å². The van der Waals surface area contributed by atoms with E-state index in [1.165, 1.54) is 0 Å². The Labute approximate surface area is 119 Å². The third-order valence-electron chi connectivity index (χ3n) is 3.50. The van der Waals surface area contributed by atoms with Crippen LogP contribution in [0.15, 0.2) is 24.3 Å². The topological polar surface area (TPSA) is 49.8 Å². The zero-order chi connectivity index (χ0) is 14.8. The van der Waals surface area contributed by atoms with Crippen LogP contribution in [0.3, 0.4) is 0 Å². The third kappa shape index (κ3) is 3.07. The second-order valence-electron chi connectivity index (χ2n) is 5.07. The molecule has 21 heavy (non-hydrogen) atoms. The summed E-state index contributed by atoms with van der Waals surface area (Å²) in [5, 5.41) is 6.74. The summed E-state index contributed by atoms with van der Waals surface area (Å²) in [5.41, 5.74) is 0.466. The number of fused-ring (bicyclic) bond motifs is 1. The summed E-state index contributed by atoms with van der Waals surface area (Å²) < 4.78 is 38.8. The van der Waals surface area contributed by atoms with Gasteiger partial charge in [0.2, 0.25) is 0 Å². The van der Waals surface area contributed by atoms with Gasteiger partial charge in [0.25, 0.3) is 6.43 Å². The SMILES string of the molecule is FC(F)c1nc(NC[C@@H]2C[C@H](F)CN2)c2ccccc2n1. The van der Waals surface area contributed by atoms with E-state index in [2.05, 4.69) is 20.6 Å². The predicted molar refractivity (Wildman–Crippen MR) is 74.3 cm³/mol. The Kier molecular flexibility index (Phi) is 3.92. The van der Waals surface area contributed by atoms with E-state index in [1.54, 1.807) is 24.3 Å². The van der Waals surface area contributed by atoms with Crippen molar-refractivity contribution in [1.29, 1.82) is 0 Å². The number of nitrogens with one attached hydrogen (secondary N) is 2. The lowest BCUT2D eigenvalue weighted by Crippen LogP contribution is -2.29. The van der Waals surface area contributed by atoms with E-state index in [0.717, 1.165) is 0 Å². The smallest absolute Gasteiger partial charge is 0.297 e. The lowest BCUT2D eigenvalue weighted by Gasteiger charge is -2.14. The maximum Gasteiger partial charge on any atom is 0.297 e. The van der Waals surface area contributed by atoms with Gasteiger partial charge in [0.1, 0.15) is 12.0 Å². The highest BCUT2D eigenvalue weighted by Gasteiger charge is 2.23. The average Bonchev–Trinajstić information content (AvgIpc) is 2.90. The number of anilines is 1. The van der Waals surface area contributed by atoms with Crippen LogP contribution < -0.4 is 10.6 Å². The number of hydrogen-bond donors (Lipinski definition) is 2. The molecule has 1 aliphatic heterocycles. The second-order valence-corrected chi connectivity index (χ2v) is 5.07. The van der Waals surface area contributed by atoms with Gasteiger partial charge in [-0.2, -0.15) is 0 Å². The lowest BCUT2D eigenvalue weighted by molar-refractivity contribution is 0.141. The largest absolute Gasteiger partial charge is 0.368 e. The number of nitrogens with zero attached hydrogens (tertiary/aromatic N) is 2. The molecule has 1 saturated heterocycles. The normalized spacial score (nSPS) is 22.1. The molecule has 7 heteroatoms. The highest BCUT2D eigenvalue weighted by molar-refractivity contribution is 5.89. The fourth-order valence-electron chi connectivity index (χ4n) is 2.47. The summed E-state index contributed by atoms with van der Waals surface area (Å²) >= 11 is 0. The molecule has 1 fully saturated rings. The minimum atomic E-state index is -2.73. The summed E-state index contributed by atoms with van der Waals surface area (Å²) in [4.78, 5) is 7.74. The van der Waals surface area contributed by atoms with Crippen LogP contribution >= 0.6 is 0 Å². The quantitative estimate of drug-likeness (QED) is 0.911. The first-order chi connectivity index (χ1) is 10.1. The average molecular weight is 296 g/mol. The number of para-hydroxylation sites is 1. The molecule has 2 aromatic rings. The maximum atomic E-state index is 13.1. The van der Waals surface area contributed by atoms with Crippen molar-refractivity contribution in [1.82, 2.24) is 15.3 Å². The molecule has 1 aromatic carbocycles. The molecule has 0 bridgehead atoms. The third-order valence-corrected chi connectivity index (χ3v) is 3.50. The number of alkyl halides is 3. The second kappa shape index (κ2) is 5.85. The van der Waals surface area contributed by atoms with Crippen LogP contribution in [0.4, 0.5) is 19.0 Å². The molecule has 2 N–H and O–H groups in total. The fourth-order valence-corrected chi connectivity index (χ4v) is 2.47. The van der Waals surface area contributed by atoms with Gasteiger partial charge in [0, 0.05) is 24.5 Å². The highest BCUT2D eigenvalue weighted by Crippen LogP contribution is 2.24. The summed E-state index contributed by atoms with van der Waals surface area (Å²) in [6.45, 7) is 0.767. The van der Waals surface area contributed by atoms with Crippen molar-refractivity contribution >= 4 is 16.7 Å². The molecule has 2 heterocycles. The Morgan fingerprint density at radius 3 is 2.81 bits per heavy atom. The number of aromatic nitrogens is 2. The zero-order valence-corrected chi connectivity index (χ0v) is 11.2. The molecule has 0 unspecified atom stereocenters. The van der Waals surface area contributed by atoms with Gasteiger partial charge < -0.3 is 10.6 Å². The van der Waals surface area contributed by atoms with Crippen molar-refractivity contribution in [2.75, 3.05) is 18.4 Å². The standard InChI is InChI=1S/C14H15F3N4/c15-8-5-9(18-6-8)7-19-13-10-3-1-2-4-11(10)20-14(21-13)12(16)17/h1-4,8-9,12,18H,5-7H2,(H,19,20,21)/t8-,9-/m0/s1. The molecule has 0 amide bonds. The number of halogens is 3. The summed E-state index contributed by atoms with van der Waals surface area (Å²) in [6, 6.07) is 6.95. The van der Waals surface area contributed by atoms with Crippen molar-refractivity contribution < 1.29 is 13.2 Å². The van der Waals surface area contributed by atoms with Crippen LogP contribution in [-0.4, -0.2) is 35.3 Å². The number of benzene rings is 1. The fraction of sp³-hybridized carbons (Fsp3) is 0.429. The van der Waals surface area contributed by atoms with Crippen LogP contribution in [0.2, 0.25) is 0 Å². The molecular formula is C14H15F3N4. The van der Waals surface area contributed by atoms with Crippen LogP contribution in [0, 0.1) is 0 Å². The van der Waals surface area contributed by atoms with Crippen molar-refractivity contribution in [3.63, 3.8) is 0 Å². The summed E-state index contributed by atoms with van der Waals surface area (Å²) in [6.07, 6.45) is -3.16. The molecule has 0 radical (unpaired) electrons. The van der Waals surface area contributed by atoms with Crippen LogP contribution in [-0.2, 0) is 0 Å². The Morgan fingerprint density at radius 1 is 1.29 bits per heavy atom.